The van der Waals surface area contributed by atoms with Gasteiger partial charge in [-0.05, 0) is 31.0 Å². The lowest BCUT2D eigenvalue weighted by Crippen LogP contribution is -1.92. The first-order valence-electron chi connectivity index (χ1n) is 6.00. The van der Waals surface area contributed by atoms with E-state index in [0.717, 1.165) is 5.75 Å². The van der Waals surface area contributed by atoms with E-state index in [1.165, 1.54) is 28.5 Å². The van der Waals surface area contributed by atoms with E-state index in [2.05, 4.69) is 32.0 Å². The van der Waals surface area contributed by atoms with Crippen molar-refractivity contribution in [2.45, 2.75) is 24.5 Å². The van der Waals surface area contributed by atoms with Crippen LogP contribution in [0.5, 0.6) is 0 Å². The van der Waals surface area contributed by atoms with E-state index in [1.54, 1.807) is 18.2 Å². The van der Waals surface area contributed by atoms with Gasteiger partial charge < -0.3 is 0 Å². The second-order valence-electron chi connectivity index (χ2n) is 4.44. The maximum atomic E-state index is 10.9. The van der Waals surface area contributed by atoms with Crippen LogP contribution in [0.3, 0.4) is 0 Å². The van der Waals surface area contributed by atoms with E-state index in [-0.39, 0.29) is 10.6 Å². The molecule has 0 saturated heterocycles. The van der Waals surface area contributed by atoms with Gasteiger partial charge in [-0.1, -0.05) is 35.9 Å². The maximum absolute atomic E-state index is 10.9. The summed E-state index contributed by atoms with van der Waals surface area (Å²) in [6, 6.07) is 13.2. The van der Waals surface area contributed by atoms with Crippen LogP contribution in [0.4, 0.5) is 5.69 Å². The van der Waals surface area contributed by atoms with E-state index in [0.29, 0.717) is 4.90 Å². The molecule has 0 saturated carbocycles. The Labute approximate surface area is 116 Å². The predicted octanol–water partition coefficient (Wildman–Crippen LogP) is 4.50. The van der Waals surface area contributed by atoms with Gasteiger partial charge in [-0.2, -0.15) is 0 Å². The summed E-state index contributed by atoms with van der Waals surface area (Å²) in [5.74, 6) is 0.747. The summed E-state index contributed by atoms with van der Waals surface area (Å²) >= 11 is 1.51. The minimum atomic E-state index is -0.329. The summed E-state index contributed by atoms with van der Waals surface area (Å²) in [5.41, 5.74) is 3.86. The van der Waals surface area contributed by atoms with Gasteiger partial charge in [0.2, 0.25) is 0 Å². The first kappa shape index (κ1) is 13.6. The Morgan fingerprint density at radius 2 is 1.89 bits per heavy atom. The number of hydrogen-bond acceptors (Lipinski definition) is 3. The number of para-hydroxylation sites is 1. The normalized spacial score (nSPS) is 10.4. The molecule has 0 aromatic heterocycles. The molecule has 0 radical (unpaired) electrons. The van der Waals surface area contributed by atoms with Crippen LogP contribution >= 0.6 is 11.8 Å². The van der Waals surface area contributed by atoms with Crippen LogP contribution in [0, 0.1) is 24.0 Å². The van der Waals surface area contributed by atoms with Crippen molar-refractivity contribution in [3.63, 3.8) is 0 Å². The van der Waals surface area contributed by atoms with E-state index in [9.17, 15) is 10.1 Å². The van der Waals surface area contributed by atoms with Crippen molar-refractivity contribution in [3.05, 3.63) is 69.3 Å². The third-order valence-electron chi connectivity index (χ3n) is 2.94. The second kappa shape index (κ2) is 5.89. The number of hydrogen-bond donors (Lipinski definition) is 0. The topological polar surface area (TPSA) is 43.1 Å². The number of thioether (sulfide) groups is 1. The molecule has 0 spiro atoms. The number of rotatable bonds is 4. The average molecular weight is 273 g/mol. The smallest absolute Gasteiger partial charge is 0.258 e. The molecule has 0 heterocycles. The van der Waals surface area contributed by atoms with Crippen molar-refractivity contribution in [3.8, 4) is 0 Å². The van der Waals surface area contributed by atoms with Crippen LogP contribution in [0.25, 0.3) is 0 Å². The first-order valence-corrected chi connectivity index (χ1v) is 6.99. The standard InChI is InChI=1S/C15H15NO2S/c1-11-7-8-13(12(2)9-11)10-19-15-6-4-3-5-14(15)16(17)18/h3-9H,10H2,1-2H3. The first-order chi connectivity index (χ1) is 9.08. The molecule has 0 amide bonds. The van der Waals surface area contributed by atoms with Gasteiger partial charge in [0.15, 0.2) is 0 Å². The van der Waals surface area contributed by atoms with Crippen LogP contribution in [0.15, 0.2) is 47.4 Å². The second-order valence-corrected chi connectivity index (χ2v) is 5.46. The highest BCUT2D eigenvalue weighted by Crippen LogP contribution is 2.31. The Morgan fingerprint density at radius 1 is 1.16 bits per heavy atom. The Hall–Kier alpha value is -1.81. The molecule has 0 bridgehead atoms. The third kappa shape index (κ3) is 3.35. The number of nitro benzene ring substituents is 1. The van der Waals surface area contributed by atoms with E-state index in [1.807, 2.05) is 6.07 Å². The summed E-state index contributed by atoms with van der Waals surface area (Å²) < 4.78 is 0. The minimum Gasteiger partial charge on any atom is -0.258 e. The minimum absolute atomic E-state index is 0.178. The molecule has 0 unspecified atom stereocenters. The van der Waals surface area contributed by atoms with Gasteiger partial charge in [0.1, 0.15) is 0 Å². The predicted molar refractivity (Wildman–Crippen MR) is 78.6 cm³/mol. The third-order valence-corrected chi connectivity index (χ3v) is 4.05. The van der Waals surface area contributed by atoms with Crippen molar-refractivity contribution >= 4 is 17.4 Å². The molecule has 0 aliphatic rings. The zero-order valence-electron chi connectivity index (χ0n) is 10.9. The summed E-state index contributed by atoms with van der Waals surface area (Å²) in [7, 11) is 0. The number of nitro groups is 1. The van der Waals surface area contributed by atoms with Crippen molar-refractivity contribution in [2.24, 2.45) is 0 Å². The fourth-order valence-corrected chi connectivity index (χ4v) is 2.99. The molecular formula is C15H15NO2S. The number of benzene rings is 2. The van der Waals surface area contributed by atoms with Crippen LogP contribution < -0.4 is 0 Å². The molecule has 0 atom stereocenters. The van der Waals surface area contributed by atoms with E-state index >= 15 is 0 Å². The van der Waals surface area contributed by atoms with Crippen LogP contribution in [0.1, 0.15) is 16.7 Å². The zero-order chi connectivity index (χ0) is 13.8. The Balaban J connectivity index is 2.17. The van der Waals surface area contributed by atoms with Crippen LogP contribution in [-0.4, -0.2) is 4.92 Å². The largest absolute Gasteiger partial charge is 0.282 e. The van der Waals surface area contributed by atoms with Crippen molar-refractivity contribution < 1.29 is 4.92 Å². The lowest BCUT2D eigenvalue weighted by molar-refractivity contribution is -0.387. The lowest BCUT2D eigenvalue weighted by atomic mass is 10.1. The van der Waals surface area contributed by atoms with Crippen LogP contribution in [0.2, 0.25) is 0 Å². The monoisotopic (exact) mass is 273 g/mol. The highest BCUT2D eigenvalue weighted by atomic mass is 32.2. The van der Waals surface area contributed by atoms with Gasteiger partial charge in [0.25, 0.3) is 5.69 Å². The highest BCUT2D eigenvalue weighted by molar-refractivity contribution is 7.98. The van der Waals surface area contributed by atoms with E-state index < -0.39 is 0 Å². The molecule has 3 nitrogen and oxygen atoms in total. The molecule has 19 heavy (non-hydrogen) atoms. The van der Waals surface area contributed by atoms with Gasteiger partial charge in [0, 0.05) is 11.8 Å². The summed E-state index contributed by atoms with van der Waals surface area (Å²) in [6.07, 6.45) is 0. The molecule has 0 N–H and O–H groups in total. The van der Waals surface area contributed by atoms with Crippen molar-refractivity contribution in [2.75, 3.05) is 0 Å². The number of nitrogens with zero attached hydrogens (tertiary/aromatic N) is 1. The quantitative estimate of drug-likeness (QED) is 0.468. The average Bonchev–Trinajstić information content (AvgIpc) is 2.38. The molecule has 0 aliphatic carbocycles. The molecule has 2 aromatic carbocycles. The Bertz CT molecular complexity index is 611. The molecule has 2 rings (SSSR count). The van der Waals surface area contributed by atoms with Crippen molar-refractivity contribution in [1.29, 1.82) is 0 Å². The SMILES string of the molecule is Cc1ccc(CSc2ccccc2[N+](=O)[O-])c(C)c1. The van der Waals surface area contributed by atoms with E-state index in [4.69, 9.17) is 0 Å². The molecule has 0 aliphatic heterocycles. The van der Waals surface area contributed by atoms with Gasteiger partial charge in [-0.25, -0.2) is 0 Å². The number of aryl methyl sites for hydroxylation is 2. The molecular weight excluding hydrogens is 258 g/mol. The highest BCUT2D eigenvalue weighted by Gasteiger charge is 2.12. The molecule has 0 fully saturated rings. The molecule has 4 heteroatoms. The van der Waals surface area contributed by atoms with Gasteiger partial charge >= 0.3 is 0 Å². The summed E-state index contributed by atoms with van der Waals surface area (Å²) in [5, 5.41) is 10.9. The van der Waals surface area contributed by atoms with Gasteiger partial charge in [-0.15, -0.1) is 11.8 Å². The maximum Gasteiger partial charge on any atom is 0.282 e. The molecule has 98 valence electrons. The Kier molecular flexibility index (Phi) is 4.22. The zero-order valence-corrected chi connectivity index (χ0v) is 11.7. The molecule has 2 aromatic rings. The summed E-state index contributed by atoms with van der Waals surface area (Å²) in [4.78, 5) is 11.3. The lowest BCUT2D eigenvalue weighted by Gasteiger charge is -2.07. The fraction of sp³-hybridized carbons (Fsp3) is 0.200. The summed E-state index contributed by atoms with van der Waals surface area (Å²) in [6.45, 7) is 4.13. The Morgan fingerprint density at radius 3 is 2.58 bits per heavy atom. The van der Waals surface area contributed by atoms with Gasteiger partial charge in [0.05, 0.1) is 9.82 Å². The van der Waals surface area contributed by atoms with Crippen molar-refractivity contribution in [1.82, 2.24) is 0 Å². The fourth-order valence-electron chi connectivity index (χ4n) is 1.89. The van der Waals surface area contributed by atoms with Crippen LogP contribution in [-0.2, 0) is 5.75 Å². The van der Waals surface area contributed by atoms with Gasteiger partial charge in [-0.3, -0.25) is 10.1 Å².